The molecule has 1 aromatic carbocycles. The van der Waals surface area contributed by atoms with Gasteiger partial charge in [-0.1, -0.05) is 12.1 Å². The second kappa shape index (κ2) is 4.87. The second-order valence-corrected chi connectivity index (χ2v) is 2.96. The molecule has 0 bridgehead atoms. The van der Waals surface area contributed by atoms with Crippen molar-refractivity contribution in [2.75, 3.05) is 13.7 Å². The van der Waals surface area contributed by atoms with E-state index < -0.39 is 18.7 Å². The SMILES string of the molecule is CN=C([O-])c1ccc(OCC(F)(F)F)cc1. The number of benzene rings is 1. The van der Waals surface area contributed by atoms with Crippen LogP contribution in [0.25, 0.3) is 0 Å². The number of hydrogen-bond donors (Lipinski definition) is 0. The van der Waals surface area contributed by atoms with Crippen molar-refractivity contribution < 1.29 is 23.0 Å². The molecule has 0 N–H and O–H groups in total. The van der Waals surface area contributed by atoms with E-state index in [0.717, 1.165) is 0 Å². The van der Waals surface area contributed by atoms with Gasteiger partial charge in [-0.2, -0.15) is 13.2 Å². The molecule has 3 nitrogen and oxygen atoms in total. The Balaban J connectivity index is 2.65. The van der Waals surface area contributed by atoms with Gasteiger partial charge in [-0.3, -0.25) is 0 Å². The minimum absolute atomic E-state index is 0.0602. The van der Waals surface area contributed by atoms with Crippen molar-refractivity contribution in [1.82, 2.24) is 0 Å². The number of halogens is 3. The van der Waals surface area contributed by atoms with E-state index in [9.17, 15) is 18.3 Å². The molecule has 1 aromatic rings. The third-order valence-electron chi connectivity index (χ3n) is 1.71. The largest absolute Gasteiger partial charge is 0.859 e. The lowest BCUT2D eigenvalue weighted by molar-refractivity contribution is -0.213. The van der Waals surface area contributed by atoms with Crippen molar-refractivity contribution in [2.45, 2.75) is 6.18 Å². The summed E-state index contributed by atoms with van der Waals surface area (Å²) in [6.45, 7) is -1.35. The Morgan fingerprint density at radius 3 is 2.31 bits per heavy atom. The highest BCUT2D eigenvalue weighted by molar-refractivity contribution is 5.90. The van der Waals surface area contributed by atoms with Crippen LogP contribution in [0.2, 0.25) is 0 Å². The summed E-state index contributed by atoms with van der Waals surface area (Å²) in [4.78, 5) is 3.41. The predicted molar refractivity (Wildman–Crippen MR) is 50.5 cm³/mol. The van der Waals surface area contributed by atoms with E-state index in [1.807, 2.05) is 0 Å². The number of aliphatic imine (C=N–C) groups is 1. The van der Waals surface area contributed by atoms with Gasteiger partial charge in [0.15, 0.2) is 6.61 Å². The van der Waals surface area contributed by atoms with Gasteiger partial charge < -0.3 is 14.8 Å². The maximum Gasteiger partial charge on any atom is 0.422 e. The zero-order chi connectivity index (χ0) is 12.2. The highest BCUT2D eigenvalue weighted by Crippen LogP contribution is 2.18. The maximum atomic E-state index is 11.8. The van der Waals surface area contributed by atoms with E-state index in [1.54, 1.807) is 0 Å². The van der Waals surface area contributed by atoms with Gasteiger partial charge in [0, 0.05) is 7.05 Å². The van der Waals surface area contributed by atoms with Crippen molar-refractivity contribution >= 4 is 5.90 Å². The summed E-state index contributed by atoms with van der Waals surface area (Å²) in [5, 5.41) is 11.1. The van der Waals surface area contributed by atoms with Crippen LogP contribution in [-0.4, -0.2) is 25.7 Å². The number of rotatable bonds is 3. The summed E-state index contributed by atoms with van der Waals surface area (Å²) in [5.74, 6) is -0.368. The molecule has 6 heteroatoms. The molecule has 16 heavy (non-hydrogen) atoms. The summed E-state index contributed by atoms with van der Waals surface area (Å²) in [6, 6.07) is 5.32. The topological polar surface area (TPSA) is 44.7 Å². The van der Waals surface area contributed by atoms with Crippen LogP contribution in [0.4, 0.5) is 13.2 Å². The van der Waals surface area contributed by atoms with Crippen LogP contribution in [0, 0.1) is 0 Å². The molecule has 0 saturated carbocycles. The molecule has 0 aliphatic rings. The van der Waals surface area contributed by atoms with Crippen LogP contribution in [0.5, 0.6) is 5.75 Å². The lowest BCUT2D eigenvalue weighted by Crippen LogP contribution is -2.20. The van der Waals surface area contributed by atoms with Crippen molar-refractivity contribution in [3.8, 4) is 5.75 Å². The Morgan fingerprint density at radius 1 is 1.31 bits per heavy atom. The molecule has 0 saturated heterocycles. The Morgan fingerprint density at radius 2 is 1.88 bits per heavy atom. The maximum absolute atomic E-state index is 11.8. The van der Waals surface area contributed by atoms with Crippen LogP contribution in [-0.2, 0) is 0 Å². The van der Waals surface area contributed by atoms with Crippen molar-refractivity contribution in [3.63, 3.8) is 0 Å². The van der Waals surface area contributed by atoms with Gasteiger partial charge in [-0.15, -0.1) is 0 Å². The summed E-state index contributed by atoms with van der Waals surface area (Å²) in [5.41, 5.74) is 0.307. The van der Waals surface area contributed by atoms with Crippen molar-refractivity contribution in [1.29, 1.82) is 0 Å². The smallest absolute Gasteiger partial charge is 0.422 e. The average Bonchev–Trinajstić information content (AvgIpc) is 2.25. The van der Waals surface area contributed by atoms with Gasteiger partial charge in [-0.05, 0) is 23.6 Å². The Kier molecular flexibility index (Phi) is 3.76. The first-order valence-corrected chi connectivity index (χ1v) is 4.36. The monoisotopic (exact) mass is 232 g/mol. The minimum Gasteiger partial charge on any atom is -0.859 e. The van der Waals surface area contributed by atoms with Gasteiger partial charge in [-0.25, -0.2) is 0 Å². The van der Waals surface area contributed by atoms with Crippen LogP contribution >= 0.6 is 0 Å². The van der Waals surface area contributed by atoms with E-state index >= 15 is 0 Å². The molecule has 0 aromatic heterocycles. The second-order valence-electron chi connectivity index (χ2n) is 2.96. The van der Waals surface area contributed by atoms with Crippen LogP contribution < -0.4 is 9.84 Å². The molecule has 88 valence electrons. The molecule has 0 heterocycles. The van der Waals surface area contributed by atoms with Gasteiger partial charge in [0.2, 0.25) is 0 Å². The molecule has 0 amide bonds. The molecular weight excluding hydrogens is 223 g/mol. The van der Waals surface area contributed by atoms with Crippen LogP contribution in [0.3, 0.4) is 0 Å². The first-order chi connectivity index (χ1) is 7.42. The number of ether oxygens (including phenoxy) is 1. The molecule has 0 spiro atoms. The van der Waals surface area contributed by atoms with Crippen LogP contribution in [0.15, 0.2) is 29.3 Å². The van der Waals surface area contributed by atoms with E-state index in [0.29, 0.717) is 5.56 Å². The van der Waals surface area contributed by atoms with Gasteiger partial charge in [0.25, 0.3) is 0 Å². The summed E-state index contributed by atoms with van der Waals surface area (Å²) < 4.78 is 39.9. The van der Waals surface area contributed by atoms with E-state index in [1.165, 1.54) is 31.3 Å². The average molecular weight is 232 g/mol. The third kappa shape index (κ3) is 3.80. The zero-order valence-electron chi connectivity index (χ0n) is 8.41. The molecule has 0 unspecified atom stereocenters. The normalized spacial score (nSPS) is 12.6. The summed E-state index contributed by atoms with van der Waals surface area (Å²) in [6.07, 6.45) is -4.37. The molecule has 0 aliphatic carbocycles. The molecule has 1 rings (SSSR count). The number of hydrogen-bond acceptors (Lipinski definition) is 3. The van der Waals surface area contributed by atoms with Crippen LogP contribution in [0.1, 0.15) is 5.56 Å². The lowest BCUT2D eigenvalue weighted by Gasteiger charge is -2.12. The predicted octanol–water partition coefficient (Wildman–Crippen LogP) is 1.36. The zero-order valence-corrected chi connectivity index (χ0v) is 8.41. The first-order valence-electron chi connectivity index (χ1n) is 4.36. The Bertz CT molecular complexity index is 371. The standard InChI is InChI=1S/C10H10F3NO2/c1-14-9(15)7-2-4-8(5-3-7)16-6-10(11,12)13/h2-5H,6H2,1H3,(H,14,15)/p-1. The molecule has 0 atom stereocenters. The Hall–Kier alpha value is -1.72. The van der Waals surface area contributed by atoms with E-state index in [-0.39, 0.29) is 5.75 Å². The van der Waals surface area contributed by atoms with Gasteiger partial charge >= 0.3 is 6.18 Å². The van der Waals surface area contributed by atoms with Gasteiger partial charge in [0.1, 0.15) is 5.75 Å². The number of nitrogens with zero attached hydrogens (tertiary/aromatic N) is 1. The fourth-order valence-electron chi connectivity index (χ4n) is 0.988. The van der Waals surface area contributed by atoms with Gasteiger partial charge in [0.05, 0.1) is 0 Å². The minimum atomic E-state index is -4.37. The molecule has 0 fully saturated rings. The third-order valence-corrected chi connectivity index (χ3v) is 1.71. The lowest BCUT2D eigenvalue weighted by atomic mass is 10.2. The van der Waals surface area contributed by atoms with E-state index in [2.05, 4.69) is 9.73 Å². The molecular formula is C10H9F3NO2-. The fourth-order valence-corrected chi connectivity index (χ4v) is 0.988. The number of alkyl halides is 3. The fraction of sp³-hybridized carbons (Fsp3) is 0.300. The summed E-state index contributed by atoms with van der Waals surface area (Å²) >= 11 is 0. The van der Waals surface area contributed by atoms with Crippen molar-refractivity contribution in [3.05, 3.63) is 29.8 Å². The highest BCUT2D eigenvalue weighted by atomic mass is 19.4. The summed E-state index contributed by atoms with van der Waals surface area (Å²) in [7, 11) is 1.34. The highest BCUT2D eigenvalue weighted by Gasteiger charge is 2.28. The first kappa shape index (κ1) is 12.4. The quantitative estimate of drug-likeness (QED) is 0.583. The molecule has 0 radical (unpaired) electrons. The van der Waals surface area contributed by atoms with E-state index in [4.69, 9.17) is 0 Å². The van der Waals surface area contributed by atoms with Crippen molar-refractivity contribution in [2.24, 2.45) is 4.99 Å². The molecule has 0 aliphatic heterocycles. The Labute approximate surface area is 90.2 Å².